The van der Waals surface area contributed by atoms with Crippen molar-refractivity contribution in [1.82, 2.24) is 10.1 Å². The summed E-state index contributed by atoms with van der Waals surface area (Å²) in [7, 11) is 0. The summed E-state index contributed by atoms with van der Waals surface area (Å²) in [6.45, 7) is 1.99. The van der Waals surface area contributed by atoms with E-state index in [4.69, 9.17) is 20.9 Å². The molecule has 6 heteroatoms. The lowest BCUT2D eigenvalue weighted by atomic mass is 10.1. The van der Waals surface area contributed by atoms with Crippen LogP contribution in [0, 0.1) is 6.92 Å². The molecule has 0 saturated carbocycles. The highest BCUT2D eigenvalue weighted by molar-refractivity contribution is 6.32. The van der Waals surface area contributed by atoms with Crippen molar-refractivity contribution >= 4 is 17.6 Å². The third kappa shape index (κ3) is 3.57. The predicted octanol–water partition coefficient (Wildman–Crippen LogP) is 4.06. The van der Waals surface area contributed by atoms with Crippen molar-refractivity contribution in [3.8, 4) is 11.3 Å². The summed E-state index contributed by atoms with van der Waals surface area (Å²) in [4.78, 5) is 15.8. The van der Waals surface area contributed by atoms with Crippen molar-refractivity contribution in [1.29, 1.82) is 0 Å². The molecule has 0 spiro atoms. The Kier molecular flexibility index (Phi) is 4.39. The number of carbonyl (C=O) groups excluding carboxylic acids is 1. The summed E-state index contributed by atoms with van der Waals surface area (Å²) in [5, 5.41) is 4.09. The van der Waals surface area contributed by atoms with Gasteiger partial charge in [-0.1, -0.05) is 46.6 Å². The van der Waals surface area contributed by atoms with Crippen molar-refractivity contribution in [2.45, 2.75) is 13.5 Å². The molecule has 0 unspecified atom stereocenters. The minimum atomic E-state index is -0.559. The molecule has 0 amide bonds. The molecule has 0 bridgehead atoms. The summed E-state index contributed by atoms with van der Waals surface area (Å²) in [6.07, 6.45) is 1.50. The van der Waals surface area contributed by atoms with Crippen LogP contribution < -0.4 is 0 Å². The van der Waals surface area contributed by atoms with Gasteiger partial charge in [0.05, 0.1) is 5.56 Å². The van der Waals surface area contributed by atoms with Crippen LogP contribution in [0.1, 0.15) is 21.7 Å². The van der Waals surface area contributed by atoms with Crippen molar-refractivity contribution < 1.29 is 14.1 Å². The second-order valence-corrected chi connectivity index (χ2v) is 5.32. The molecule has 3 aromatic rings. The van der Waals surface area contributed by atoms with E-state index in [0.717, 1.165) is 5.56 Å². The van der Waals surface area contributed by atoms with Gasteiger partial charge >= 0.3 is 5.97 Å². The summed E-state index contributed by atoms with van der Waals surface area (Å²) in [5.41, 5.74) is 3.01. The zero-order chi connectivity index (χ0) is 16.2. The van der Waals surface area contributed by atoms with Gasteiger partial charge in [-0.2, -0.15) is 0 Å². The van der Waals surface area contributed by atoms with Crippen molar-refractivity contribution in [3.63, 3.8) is 0 Å². The summed E-state index contributed by atoms with van der Waals surface area (Å²) in [5.74, 6) is -0.106. The average Bonchev–Trinajstić information content (AvgIpc) is 3.03. The van der Waals surface area contributed by atoms with E-state index in [2.05, 4.69) is 10.1 Å². The molecule has 1 aromatic carbocycles. The van der Waals surface area contributed by atoms with Gasteiger partial charge in [-0.15, -0.1) is 0 Å². The smallest absolute Gasteiger partial charge is 0.341 e. The van der Waals surface area contributed by atoms with Crippen LogP contribution in [-0.2, 0) is 11.3 Å². The number of hydrogen-bond donors (Lipinski definition) is 0. The van der Waals surface area contributed by atoms with E-state index >= 15 is 0 Å². The maximum atomic E-state index is 11.9. The molecule has 23 heavy (non-hydrogen) atoms. The van der Waals surface area contributed by atoms with Crippen LogP contribution in [-0.4, -0.2) is 16.1 Å². The topological polar surface area (TPSA) is 65.2 Å². The second kappa shape index (κ2) is 6.62. The molecule has 0 aliphatic rings. The van der Waals surface area contributed by atoms with Crippen LogP contribution in [0.2, 0.25) is 5.15 Å². The molecule has 0 N–H and O–H groups in total. The van der Waals surface area contributed by atoms with Crippen LogP contribution >= 0.6 is 11.6 Å². The van der Waals surface area contributed by atoms with Crippen LogP contribution in [0.3, 0.4) is 0 Å². The second-order valence-electron chi connectivity index (χ2n) is 4.96. The fraction of sp³-hybridized carbons (Fsp3) is 0.118. The van der Waals surface area contributed by atoms with Gasteiger partial charge in [-0.05, 0) is 19.1 Å². The monoisotopic (exact) mass is 328 g/mol. The number of nitrogens with zero attached hydrogens (tertiary/aromatic N) is 2. The molecule has 0 aliphatic carbocycles. The van der Waals surface area contributed by atoms with Crippen LogP contribution in [0.4, 0.5) is 0 Å². The quantitative estimate of drug-likeness (QED) is 0.534. The highest BCUT2D eigenvalue weighted by atomic mass is 35.5. The maximum Gasteiger partial charge on any atom is 0.341 e. The minimum absolute atomic E-state index is 0.0249. The first-order valence-electron chi connectivity index (χ1n) is 6.94. The number of carbonyl (C=O) groups is 1. The van der Waals surface area contributed by atoms with E-state index in [-0.39, 0.29) is 17.3 Å². The molecule has 2 aromatic heterocycles. The number of halogens is 1. The zero-order valence-corrected chi connectivity index (χ0v) is 13.1. The SMILES string of the molecule is Cc1ccc(-c2cc(COC(=O)c3cccnc3Cl)on2)cc1. The molecule has 5 nitrogen and oxygen atoms in total. The lowest BCUT2D eigenvalue weighted by Gasteiger charge is -2.03. The average molecular weight is 329 g/mol. The molecular formula is C17H13ClN2O3. The van der Waals surface area contributed by atoms with Gasteiger partial charge in [-0.25, -0.2) is 9.78 Å². The molecule has 0 fully saturated rings. The Bertz CT molecular complexity index is 828. The Labute approximate surface area is 137 Å². The van der Waals surface area contributed by atoms with Gasteiger partial charge in [0.15, 0.2) is 12.4 Å². The van der Waals surface area contributed by atoms with E-state index in [1.165, 1.54) is 11.8 Å². The molecule has 116 valence electrons. The Morgan fingerprint density at radius 3 is 2.78 bits per heavy atom. The van der Waals surface area contributed by atoms with Crippen molar-refractivity contribution in [2.24, 2.45) is 0 Å². The third-order valence-electron chi connectivity index (χ3n) is 3.23. The van der Waals surface area contributed by atoms with E-state index in [1.807, 2.05) is 31.2 Å². The Morgan fingerprint density at radius 1 is 1.26 bits per heavy atom. The normalized spacial score (nSPS) is 10.5. The number of pyridine rings is 1. The molecular weight excluding hydrogens is 316 g/mol. The lowest BCUT2D eigenvalue weighted by Crippen LogP contribution is -2.06. The van der Waals surface area contributed by atoms with Gasteiger partial charge in [-0.3, -0.25) is 0 Å². The van der Waals surface area contributed by atoms with Crippen LogP contribution in [0.25, 0.3) is 11.3 Å². The number of esters is 1. The Hall–Kier alpha value is -2.66. The lowest BCUT2D eigenvalue weighted by molar-refractivity contribution is 0.0437. The summed E-state index contributed by atoms with van der Waals surface area (Å²) in [6, 6.07) is 12.8. The van der Waals surface area contributed by atoms with Gasteiger partial charge in [0.25, 0.3) is 0 Å². The third-order valence-corrected chi connectivity index (χ3v) is 3.53. The van der Waals surface area contributed by atoms with Gasteiger partial charge in [0.1, 0.15) is 10.8 Å². The maximum absolute atomic E-state index is 11.9. The van der Waals surface area contributed by atoms with E-state index < -0.39 is 5.97 Å². The van der Waals surface area contributed by atoms with Crippen molar-refractivity contribution in [2.75, 3.05) is 0 Å². The molecule has 0 radical (unpaired) electrons. The van der Waals surface area contributed by atoms with Gasteiger partial charge in [0.2, 0.25) is 0 Å². The molecule has 0 atom stereocenters. The van der Waals surface area contributed by atoms with Crippen molar-refractivity contribution in [3.05, 3.63) is 70.7 Å². The number of rotatable bonds is 4. The van der Waals surface area contributed by atoms with Gasteiger partial charge in [0, 0.05) is 17.8 Å². The number of hydrogen-bond acceptors (Lipinski definition) is 5. The van der Waals surface area contributed by atoms with Crippen LogP contribution in [0.5, 0.6) is 0 Å². The number of benzene rings is 1. The van der Waals surface area contributed by atoms with E-state index in [9.17, 15) is 4.79 Å². The fourth-order valence-corrected chi connectivity index (χ4v) is 2.19. The fourth-order valence-electron chi connectivity index (χ4n) is 1.99. The van der Waals surface area contributed by atoms with E-state index in [1.54, 1.807) is 18.2 Å². The molecule has 0 aliphatic heterocycles. The first-order valence-corrected chi connectivity index (χ1v) is 7.31. The Morgan fingerprint density at radius 2 is 2.04 bits per heavy atom. The number of aryl methyl sites for hydroxylation is 1. The highest BCUT2D eigenvalue weighted by Crippen LogP contribution is 2.20. The summed E-state index contributed by atoms with van der Waals surface area (Å²) >= 11 is 5.85. The largest absolute Gasteiger partial charge is 0.454 e. The van der Waals surface area contributed by atoms with E-state index in [0.29, 0.717) is 11.5 Å². The Balaban J connectivity index is 1.67. The molecule has 2 heterocycles. The molecule has 0 saturated heterocycles. The first-order chi connectivity index (χ1) is 11.1. The first kappa shape index (κ1) is 15.2. The van der Waals surface area contributed by atoms with Gasteiger partial charge < -0.3 is 9.26 Å². The standard InChI is InChI=1S/C17H13ClN2O3/c1-11-4-6-12(7-5-11)15-9-13(23-20-15)10-22-17(21)14-3-2-8-19-16(14)18/h2-9H,10H2,1H3. The summed E-state index contributed by atoms with van der Waals surface area (Å²) < 4.78 is 10.4. The highest BCUT2D eigenvalue weighted by Gasteiger charge is 2.14. The number of ether oxygens (including phenoxy) is 1. The number of aromatic nitrogens is 2. The predicted molar refractivity (Wildman–Crippen MR) is 85.0 cm³/mol. The molecule has 3 rings (SSSR count). The van der Waals surface area contributed by atoms with Crippen LogP contribution in [0.15, 0.2) is 53.2 Å². The zero-order valence-electron chi connectivity index (χ0n) is 12.3. The minimum Gasteiger partial charge on any atom is -0.454 e.